The van der Waals surface area contributed by atoms with Crippen LogP contribution in [0.3, 0.4) is 0 Å². The van der Waals surface area contributed by atoms with Crippen molar-refractivity contribution < 1.29 is 9.59 Å². The number of likely N-dealkylation sites (N-methyl/N-ethyl adjacent to an activating group) is 1. The van der Waals surface area contributed by atoms with Crippen molar-refractivity contribution in [2.45, 2.75) is 0 Å². The summed E-state index contributed by atoms with van der Waals surface area (Å²) in [4.78, 5) is 26.6. The highest BCUT2D eigenvalue weighted by Crippen LogP contribution is 2.35. The number of anilines is 1. The van der Waals surface area contributed by atoms with Crippen LogP contribution < -0.4 is 4.90 Å². The van der Waals surface area contributed by atoms with Crippen LogP contribution in [0.5, 0.6) is 0 Å². The molecule has 0 N–H and O–H groups in total. The van der Waals surface area contributed by atoms with E-state index in [0.717, 1.165) is 16.0 Å². The Morgan fingerprint density at radius 2 is 1.52 bits per heavy atom. The predicted molar refractivity (Wildman–Crippen MR) is 81.7 cm³/mol. The molecule has 0 radical (unpaired) electrons. The number of urea groups is 1. The molecule has 0 aliphatic carbocycles. The van der Waals surface area contributed by atoms with Crippen LogP contribution in [-0.4, -0.2) is 23.9 Å². The molecule has 4 heteroatoms. The zero-order chi connectivity index (χ0) is 15.0. The molecule has 0 unspecified atom stereocenters. The zero-order valence-electron chi connectivity index (χ0n) is 11.6. The van der Waals surface area contributed by atoms with Crippen molar-refractivity contribution in [3.05, 3.63) is 66.9 Å². The number of hydrogen-bond acceptors (Lipinski definition) is 2. The van der Waals surface area contributed by atoms with E-state index in [1.807, 2.05) is 54.6 Å². The Morgan fingerprint density at radius 3 is 2.14 bits per heavy atom. The van der Waals surface area contributed by atoms with E-state index in [9.17, 15) is 9.59 Å². The molecule has 2 aromatic rings. The van der Waals surface area contributed by atoms with Gasteiger partial charge in [0.15, 0.2) is 0 Å². The van der Waals surface area contributed by atoms with Gasteiger partial charge in [0.1, 0.15) is 5.70 Å². The van der Waals surface area contributed by atoms with Gasteiger partial charge in [0.2, 0.25) is 0 Å². The highest BCUT2D eigenvalue weighted by Gasteiger charge is 2.39. The van der Waals surface area contributed by atoms with E-state index in [1.54, 1.807) is 0 Å². The minimum absolute atomic E-state index is 0.172. The fourth-order valence-electron chi connectivity index (χ4n) is 2.42. The smallest absolute Gasteiger partial charge is 0.267 e. The SMILES string of the molecule is C=C1C(=O)N(C)C(=O)N1c1ccccc1-c1ccccc1. The van der Waals surface area contributed by atoms with Gasteiger partial charge in [-0.1, -0.05) is 55.1 Å². The summed E-state index contributed by atoms with van der Waals surface area (Å²) < 4.78 is 0. The van der Waals surface area contributed by atoms with Gasteiger partial charge < -0.3 is 0 Å². The van der Waals surface area contributed by atoms with Crippen molar-refractivity contribution >= 4 is 17.6 Å². The van der Waals surface area contributed by atoms with Gasteiger partial charge in [-0.15, -0.1) is 0 Å². The lowest BCUT2D eigenvalue weighted by Crippen LogP contribution is -2.29. The molecule has 0 saturated carbocycles. The summed E-state index contributed by atoms with van der Waals surface area (Å²) in [5.74, 6) is -0.372. The van der Waals surface area contributed by atoms with E-state index in [2.05, 4.69) is 6.58 Å². The van der Waals surface area contributed by atoms with Crippen LogP contribution in [0.1, 0.15) is 0 Å². The van der Waals surface area contributed by atoms with Crippen LogP contribution in [-0.2, 0) is 4.79 Å². The number of imide groups is 1. The Labute approximate surface area is 122 Å². The van der Waals surface area contributed by atoms with Crippen LogP contribution in [0, 0.1) is 0 Å². The third kappa shape index (κ3) is 2.01. The summed E-state index contributed by atoms with van der Waals surface area (Å²) in [7, 11) is 1.46. The average Bonchev–Trinajstić information content (AvgIpc) is 2.72. The van der Waals surface area contributed by atoms with Gasteiger partial charge in [-0.05, 0) is 11.6 Å². The van der Waals surface area contributed by atoms with Gasteiger partial charge in [-0.25, -0.2) is 4.79 Å². The lowest BCUT2D eigenvalue weighted by Gasteiger charge is -2.19. The summed E-state index contributed by atoms with van der Waals surface area (Å²) in [6, 6.07) is 16.8. The second kappa shape index (κ2) is 4.90. The Morgan fingerprint density at radius 1 is 0.905 bits per heavy atom. The zero-order valence-corrected chi connectivity index (χ0v) is 11.6. The van der Waals surface area contributed by atoms with E-state index >= 15 is 0 Å². The molecular weight excluding hydrogens is 264 g/mol. The highest BCUT2D eigenvalue weighted by molar-refractivity contribution is 6.21. The van der Waals surface area contributed by atoms with Crippen molar-refractivity contribution in [2.75, 3.05) is 11.9 Å². The average molecular weight is 278 g/mol. The molecule has 0 atom stereocenters. The fourth-order valence-corrected chi connectivity index (χ4v) is 2.42. The van der Waals surface area contributed by atoms with Gasteiger partial charge >= 0.3 is 6.03 Å². The van der Waals surface area contributed by atoms with Gasteiger partial charge in [0.25, 0.3) is 5.91 Å². The molecule has 0 aromatic heterocycles. The van der Waals surface area contributed by atoms with Crippen molar-refractivity contribution in [2.24, 2.45) is 0 Å². The number of carbonyl (C=O) groups excluding carboxylic acids is 2. The normalized spacial score (nSPS) is 15.0. The summed E-state index contributed by atoms with van der Waals surface area (Å²) in [5, 5.41) is 0. The van der Waals surface area contributed by atoms with Crippen LogP contribution >= 0.6 is 0 Å². The van der Waals surface area contributed by atoms with Gasteiger partial charge in [-0.3, -0.25) is 14.6 Å². The summed E-state index contributed by atoms with van der Waals surface area (Å²) in [5.41, 5.74) is 2.70. The van der Waals surface area contributed by atoms with Gasteiger partial charge in [0.05, 0.1) is 5.69 Å². The molecule has 0 spiro atoms. The maximum Gasteiger partial charge on any atom is 0.336 e. The first kappa shape index (κ1) is 13.1. The Hall–Kier alpha value is -2.88. The second-order valence-corrected chi connectivity index (χ2v) is 4.81. The van der Waals surface area contributed by atoms with E-state index < -0.39 is 0 Å². The second-order valence-electron chi connectivity index (χ2n) is 4.81. The largest absolute Gasteiger partial charge is 0.336 e. The minimum Gasteiger partial charge on any atom is -0.267 e. The minimum atomic E-state index is -0.381. The molecular formula is C17H14N2O2. The molecule has 1 saturated heterocycles. The number of amides is 3. The van der Waals surface area contributed by atoms with Crippen LogP contribution in [0.4, 0.5) is 10.5 Å². The molecule has 21 heavy (non-hydrogen) atoms. The van der Waals surface area contributed by atoms with E-state index in [1.165, 1.54) is 11.9 Å². The number of para-hydroxylation sites is 1. The summed E-state index contributed by atoms with van der Waals surface area (Å²) in [6.45, 7) is 3.74. The van der Waals surface area contributed by atoms with Gasteiger partial charge in [0, 0.05) is 12.6 Å². The Kier molecular flexibility index (Phi) is 3.06. The van der Waals surface area contributed by atoms with Crippen molar-refractivity contribution in [3.8, 4) is 11.1 Å². The van der Waals surface area contributed by atoms with Crippen molar-refractivity contribution in [1.82, 2.24) is 4.90 Å². The molecule has 0 bridgehead atoms. The quantitative estimate of drug-likeness (QED) is 0.625. The number of rotatable bonds is 2. The number of carbonyl (C=O) groups is 2. The maximum absolute atomic E-state index is 12.3. The number of nitrogens with zero attached hydrogens (tertiary/aromatic N) is 2. The van der Waals surface area contributed by atoms with Crippen molar-refractivity contribution in [3.63, 3.8) is 0 Å². The molecule has 2 aromatic carbocycles. The third-order valence-corrected chi connectivity index (χ3v) is 3.53. The molecule has 1 aliphatic heterocycles. The summed E-state index contributed by atoms with van der Waals surface area (Å²) in [6.07, 6.45) is 0. The molecule has 4 nitrogen and oxygen atoms in total. The Bertz CT molecular complexity index is 737. The van der Waals surface area contributed by atoms with Crippen LogP contribution in [0.2, 0.25) is 0 Å². The first-order chi connectivity index (χ1) is 10.1. The molecule has 3 amide bonds. The predicted octanol–water partition coefficient (Wildman–Crippen LogP) is 3.27. The highest BCUT2D eigenvalue weighted by atomic mass is 16.2. The standard InChI is InChI=1S/C17H14N2O2/c1-12-16(20)18(2)17(21)19(12)15-11-7-6-10-14(15)13-8-4-3-5-9-13/h3-11H,1H2,2H3. The molecule has 104 valence electrons. The lowest BCUT2D eigenvalue weighted by atomic mass is 10.0. The van der Waals surface area contributed by atoms with Crippen molar-refractivity contribution in [1.29, 1.82) is 0 Å². The first-order valence-corrected chi connectivity index (χ1v) is 6.57. The lowest BCUT2D eigenvalue weighted by molar-refractivity contribution is -0.121. The van der Waals surface area contributed by atoms with E-state index in [0.29, 0.717) is 5.69 Å². The topological polar surface area (TPSA) is 40.6 Å². The van der Waals surface area contributed by atoms with E-state index in [-0.39, 0.29) is 17.6 Å². The fraction of sp³-hybridized carbons (Fsp3) is 0.0588. The van der Waals surface area contributed by atoms with Crippen LogP contribution in [0.25, 0.3) is 11.1 Å². The first-order valence-electron chi connectivity index (χ1n) is 6.57. The Balaban J connectivity index is 2.15. The summed E-state index contributed by atoms with van der Waals surface area (Å²) >= 11 is 0. The molecule has 1 fully saturated rings. The monoisotopic (exact) mass is 278 g/mol. The molecule has 3 rings (SSSR count). The van der Waals surface area contributed by atoms with Gasteiger partial charge in [-0.2, -0.15) is 0 Å². The maximum atomic E-state index is 12.3. The molecule has 1 heterocycles. The molecule has 1 aliphatic rings. The number of hydrogen-bond donors (Lipinski definition) is 0. The number of benzene rings is 2. The van der Waals surface area contributed by atoms with E-state index in [4.69, 9.17) is 0 Å². The third-order valence-electron chi connectivity index (χ3n) is 3.53. The van der Waals surface area contributed by atoms with Crippen LogP contribution in [0.15, 0.2) is 66.9 Å².